The lowest BCUT2D eigenvalue weighted by Crippen LogP contribution is -2.38. The summed E-state index contributed by atoms with van der Waals surface area (Å²) in [6.07, 6.45) is -3.37. The van der Waals surface area contributed by atoms with Crippen LogP contribution < -0.4 is 5.32 Å². The Morgan fingerprint density at radius 2 is 1.92 bits per heavy atom. The summed E-state index contributed by atoms with van der Waals surface area (Å²) in [5.74, 6) is 0. The van der Waals surface area contributed by atoms with E-state index >= 15 is 0 Å². The highest BCUT2D eigenvalue weighted by Crippen LogP contribution is 2.17. The van der Waals surface area contributed by atoms with E-state index in [4.69, 9.17) is 0 Å². The molecule has 0 fully saturated rings. The average molecular weight is 198 g/mol. The molecular formula is C8H17F3N2. The van der Waals surface area contributed by atoms with Crippen molar-refractivity contribution in [1.29, 1.82) is 0 Å². The Kier molecular flexibility index (Phi) is 5.32. The molecule has 0 aliphatic heterocycles. The first-order valence-corrected chi connectivity index (χ1v) is 4.28. The summed E-state index contributed by atoms with van der Waals surface area (Å²) in [5, 5.41) is 2.91. The molecule has 0 radical (unpaired) electrons. The quantitative estimate of drug-likeness (QED) is 0.719. The zero-order chi connectivity index (χ0) is 10.5. The number of nitrogens with one attached hydrogen (secondary N) is 1. The minimum Gasteiger partial charge on any atom is -0.320 e. The summed E-state index contributed by atoms with van der Waals surface area (Å²) in [7, 11) is 3.28. The van der Waals surface area contributed by atoms with Crippen LogP contribution in [0.5, 0.6) is 0 Å². The molecule has 0 aromatic rings. The summed E-state index contributed by atoms with van der Waals surface area (Å²) in [5.41, 5.74) is 0. The third-order valence-corrected chi connectivity index (χ3v) is 1.99. The van der Waals surface area contributed by atoms with Gasteiger partial charge >= 0.3 is 6.18 Å². The fourth-order valence-corrected chi connectivity index (χ4v) is 1.01. The molecule has 0 aromatic heterocycles. The van der Waals surface area contributed by atoms with Gasteiger partial charge in [-0.1, -0.05) is 0 Å². The molecular weight excluding hydrogens is 181 g/mol. The molecule has 1 unspecified atom stereocenters. The minimum atomic E-state index is -4.09. The van der Waals surface area contributed by atoms with Gasteiger partial charge in [0.2, 0.25) is 0 Å². The predicted octanol–water partition coefficient (Wildman–Crippen LogP) is 1.48. The van der Waals surface area contributed by atoms with Gasteiger partial charge in [0.05, 0.1) is 6.54 Å². The van der Waals surface area contributed by atoms with Crippen molar-refractivity contribution in [2.75, 3.05) is 27.2 Å². The first-order valence-electron chi connectivity index (χ1n) is 4.28. The smallest absolute Gasteiger partial charge is 0.320 e. The van der Waals surface area contributed by atoms with Crippen LogP contribution in [0.1, 0.15) is 13.3 Å². The van der Waals surface area contributed by atoms with Crippen molar-refractivity contribution < 1.29 is 13.2 Å². The maximum absolute atomic E-state index is 11.9. The van der Waals surface area contributed by atoms with Gasteiger partial charge < -0.3 is 5.32 Å². The van der Waals surface area contributed by atoms with E-state index in [0.29, 0.717) is 0 Å². The summed E-state index contributed by atoms with van der Waals surface area (Å²) in [6.45, 7) is 1.70. The highest BCUT2D eigenvalue weighted by atomic mass is 19.4. The van der Waals surface area contributed by atoms with Crippen LogP contribution in [0.2, 0.25) is 0 Å². The lowest BCUT2D eigenvalue weighted by molar-refractivity contribution is -0.147. The molecule has 0 aliphatic carbocycles. The Morgan fingerprint density at radius 3 is 2.31 bits per heavy atom. The average Bonchev–Trinajstić information content (AvgIpc) is 1.96. The highest BCUT2D eigenvalue weighted by molar-refractivity contribution is 4.67. The largest absolute Gasteiger partial charge is 0.401 e. The molecule has 1 atom stereocenters. The molecule has 0 amide bonds. The molecule has 0 bridgehead atoms. The van der Waals surface area contributed by atoms with Crippen LogP contribution in [0.4, 0.5) is 13.2 Å². The van der Waals surface area contributed by atoms with Gasteiger partial charge in [0.15, 0.2) is 0 Å². The molecule has 13 heavy (non-hydrogen) atoms. The summed E-state index contributed by atoms with van der Waals surface area (Å²) in [4.78, 5) is 1.32. The van der Waals surface area contributed by atoms with Gasteiger partial charge in [-0.05, 0) is 34.0 Å². The van der Waals surface area contributed by atoms with E-state index in [-0.39, 0.29) is 6.04 Å². The van der Waals surface area contributed by atoms with Gasteiger partial charge in [0.25, 0.3) is 0 Å². The lowest BCUT2D eigenvalue weighted by Gasteiger charge is -2.25. The van der Waals surface area contributed by atoms with Crippen molar-refractivity contribution in [3.8, 4) is 0 Å². The molecule has 0 aliphatic rings. The zero-order valence-corrected chi connectivity index (χ0v) is 8.28. The van der Waals surface area contributed by atoms with Gasteiger partial charge in [0.1, 0.15) is 0 Å². The number of rotatable bonds is 5. The summed E-state index contributed by atoms with van der Waals surface area (Å²) < 4.78 is 35.8. The normalized spacial score (nSPS) is 15.0. The summed E-state index contributed by atoms with van der Waals surface area (Å²) >= 11 is 0. The molecule has 0 spiro atoms. The van der Waals surface area contributed by atoms with Gasteiger partial charge in [-0.3, -0.25) is 4.90 Å². The van der Waals surface area contributed by atoms with E-state index in [1.165, 1.54) is 11.9 Å². The molecule has 2 nitrogen and oxygen atoms in total. The van der Waals surface area contributed by atoms with Crippen LogP contribution >= 0.6 is 0 Å². The number of hydrogen-bond donors (Lipinski definition) is 1. The van der Waals surface area contributed by atoms with Gasteiger partial charge in [-0.15, -0.1) is 0 Å². The van der Waals surface area contributed by atoms with Crippen LogP contribution in [0.3, 0.4) is 0 Å². The fourth-order valence-electron chi connectivity index (χ4n) is 1.01. The Hall–Kier alpha value is -0.290. The highest BCUT2D eigenvalue weighted by Gasteiger charge is 2.30. The second-order valence-corrected chi connectivity index (χ2v) is 3.27. The van der Waals surface area contributed by atoms with Crippen molar-refractivity contribution in [2.45, 2.75) is 25.6 Å². The second kappa shape index (κ2) is 5.44. The van der Waals surface area contributed by atoms with Crippen molar-refractivity contribution in [3.63, 3.8) is 0 Å². The number of hydrogen-bond acceptors (Lipinski definition) is 2. The van der Waals surface area contributed by atoms with E-state index in [9.17, 15) is 13.2 Å². The monoisotopic (exact) mass is 198 g/mol. The Morgan fingerprint density at radius 1 is 1.38 bits per heavy atom. The van der Waals surface area contributed by atoms with Crippen LogP contribution in [0, 0.1) is 0 Å². The van der Waals surface area contributed by atoms with E-state index in [1.807, 2.05) is 0 Å². The lowest BCUT2D eigenvalue weighted by atomic mass is 10.2. The van der Waals surface area contributed by atoms with Gasteiger partial charge in [0, 0.05) is 6.04 Å². The molecule has 0 saturated heterocycles. The number of halogens is 3. The number of alkyl halides is 3. The Labute approximate surface area is 77.1 Å². The standard InChI is InChI=1S/C8H17F3N2/c1-7(4-5-12-2)13(3)6-8(9,10)11/h7,12H,4-6H2,1-3H3. The molecule has 0 saturated carbocycles. The minimum absolute atomic E-state index is 0.0472. The SMILES string of the molecule is CNCCC(C)N(C)CC(F)(F)F. The molecule has 80 valence electrons. The van der Waals surface area contributed by atoms with E-state index in [0.717, 1.165) is 13.0 Å². The molecule has 1 N–H and O–H groups in total. The summed E-state index contributed by atoms with van der Waals surface area (Å²) in [6, 6.07) is -0.0472. The fraction of sp³-hybridized carbons (Fsp3) is 1.00. The Balaban J connectivity index is 3.75. The van der Waals surface area contributed by atoms with E-state index in [2.05, 4.69) is 5.32 Å². The van der Waals surface area contributed by atoms with E-state index < -0.39 is 12.7 Å². The topological polar surface area (TPSA) is 15.3 Å². The first-order chi connectivity index (χ1) is 5.87. The zero-order valence-electron chi connectivity index (χ0n) is 8.28. The van der Waals surface area contributed by atoms with E-state index in [1.54, 1.807) is 14.0 Å². The van der Waals surface area contributed by atoms with Crippen molar-refractivity contribution >= 4 is 0 Å². The Bertz CT molecular complexity index is 136. The van der Waals surface area contributed by atoms with Crippen LogP contribution in [-0.2, 0) is 0 Å². The van der Waals surface area contributed by atoms with Crippen molar-refractivity contribution in [2.24, 2.45) is 0 Å². The maximum atomic E-state index is 11.9. The van der Waals surface area contributed by atoms with Crippen LogP contribution in [-0.4, -0.2) is 44.3 Å². The van der Waals surface area contributed by atoms with Gasteiger partial charge in [-0.2, -0.15) is 13.2 Å². The molecule has 5 heteroatoms. The number of nitrogens with zero attached hydrogens (tertiary/aromatic N) is 1. The van der Waals surface area contributed by atoms with Crippen molar-refractivity contribution in [1.82, 2.24) is 10.2 Å². The predicted molar refractivity (Wildman–Crippen MR) is 46.7 cm³/mol. The third kappa shape index (κ3) is 6.83. The maximum Gasteiger partial charge on any atom is 0.401 e. The third-order valence-electron chi connectivity index (χ3n) is 1.99. The van der Waals surface area contributed by atoms with Crippen molar-refractivity contribution in [3.05, 3.63) is 0 Å². The van der Waals surface area contributed by atoms with Crippen LogP contribution in [0.15, 0.2) is 0 Å². The second-order valence-electron chi connectivity index (χ2n) is 3.27. The van der Waals surface area contributed by atoms with Gasteiger partial charge in [-0.25, -0.2) is 0 Å². The molecule has 0 rings (SSSR count). The van der Waals surface area contributed by atoms with Crippen LogP contribution in [0.25, 0.3) is 0 Å². The first kappa shape index (κ1) is 12.7. The molecule has 0 aromatic carbocycles. The molecule has 0 heterocycles.